The van der Waals surface area contributed by atoms with Gasteiger partial charge in [-0.15, -0.1) is 0 Å². The van der Waals surface area contributed by atoms with Crippen LogP contribution >= 0.6 is 11.5 Å². The number of hydrogen-bond acceptors (Lipinski definition) is 6. The summed E-state index contributed by atoms with van der Waals surface area (Å²) in [6.45, 7) is 5.34. The SMILES string of the molecule is CCOC(=O)c1c(C)nsc1NCCOC1CCCCC1. The first-order valence-corrected chi connectivity index (χ1v) is 8.48. The molecule has 1 N–H and O–H groups in total. The predicted octanol–water partition coefficient (Wildman–Crippen LogP) is 3.39. The van der Waals surface area contributed by atoms with Crippen LogP contribution in [0.5, 0.6) is 0 Å². The van der Waals surface area contributed by atoms with Crippen molar-refractivity contribution >= 4 is 22.5 Å². The molecule has 0 radical (unpaired) electrons. The predicted molar refractivity (Wildman–Crippen MR) is 84.1 cm³/mol. The summed E-state index contributed by atoms with van der Waals surface area (Å²) in [5.74, 6) is -0.306. The first-order chi connectivity index (χ1) is 10.2. The van der Waals surface area contributed by atoms with Gasteiger partial charge in [0.25, 0.3) is 0 Å². The van der Waals surface area contributed by atoms with Crippen LogP contribution in [-0.2, 0) is 9.47 Å². The first-order valence-electron chi connectivity index (χ1n) is 7.71. The van der Waals surface area contributed by atoms with Crippen LogP contribution in [0.3, 0.4) is 0 Å². The Morgan fingerprint density at radius 3 is 2.86 bits per heavy atom. The minimum absolute atomic E-state index is 0.306. The maximum absolute atomic E-state index is 11.9. The highest BCUT2D eigenvalue weighted by Gasteiger charge is 2.19. The van der Waals surface area contributed by atoms with Crippen molar-refractivity contribution in [3.05, 3.63) is 11.3 Å². The number of nitrogens with zero attached hydrogens (tertiary/aromatic N) is 1. The Morgan fingerprint density at radius 1 is 1.38 bits per heavy atom. The van der Waals surface area contributed by atoms with Crippen LogP contribution in [0.4, 0.5) is 5.00 Å². The Morgan fingerprint density at radius 2 is 2.14 bits per heavy atom. The Bertz CT molecular complexity index is 456. The smallest absolute Gasteiger partial charge is 0.343 e. The lowest BCUT2D eigenvalue weighted by molar-refractivity contribution is 0.0347. The maximum atomic E-state index is 11.9. The first kappa shape index (κ1) is 16.2. The lowest BCUT2D eigenvalue weighted by atomic mass is 9.98. The number of esters is 1. The highest BCUT2D eigenvalue weighted by molar-refractivity contribution is 7.10. The Kier molecular flexibility index (Phi) is 6.45. The molecule has 1 aliphatic carbocycles. The molecule has 0 amide bonds. The van der Waals surface area contributed by atoms with Crippen LogP contribution in [0, 0.1) is 6.92 Å². The van der Waals surface area contributed by atoms with Crippen molar-refractivity contribution < 1.29 is 14.3 Å². The van der Waals surface area contributed by atoms with Crippen LogP contribution in [0.2, 0.25) is 0 Å². The van der Waals surface area contributed by atoms with Gasteiger partial charge in [-0.3, -0.25) is 0 Å². The van der Waals surface area contributed by atoms with Gasteiger partial charge in [0, 0.05) is 6.54 Å². The molecule has 1 aliphatic rings. The molecule has 21 heavy (non-hydrogen) atoms. The van der Waals surface area contributed by atoms with E-state index < -0.39 is 0 Å². The highest BCUT2D eigenvalue weighted by atomic mass is 32.1. The fourth-order valence-electron chi connectivity index (χ4n) is 2.56. The van der Waals surface area contributed by atoms with Crippen molar-refractivity contribution in [3.8, 4) is 0 Å². The van der Waals surface area contributed by atoms with Gasteiger partial charge in [0.05, 0.1) is 25.0 Å². The van der Waals surface area contributed by atoms with E-state index in [-0.39, 0.29) is 5.97 Å². The third kappa shape index (κ3) is 4.68. The molecule has 0 aromatic carbocycles. The molecule has 5 nitrogen and oxygen atoms in total. The summed E-state index contributed by atoms with van der Waals surface area (Å²) in [7, 11) is 0. The van der Waals surface area contributed by atoms with Gasteiger partial charge >= 0.3 is 5.97 Å². The van der Waals surface area contributed by atoms with Crippen molar-refractivity contribution in [3.63, 3.8) is 0 Å². The number of aryl methyl sites for hydroxylation is 1. The van der Waals surface area contributed by atoms with Crippen molar-refractivity contribution in [1.82, 2.24) is 4.37 Å². The second-order valence-corrected chi connectivity index (χ2v) is 6.02. The molecular formula is C15H24N2O3S. The monoisotopic (exact) mass is 312 g/mol. The van der Waals surface area contributed by atoms with E-state index in [0.29, 0.717) is 37.1 Å². The zero-order valence-corrected chi connectivity index (χ0v) is 13.6. The van der Waals surface area contributed by atoms with E-state index in [1.807, 2.05) is 6.92 Å². The van der Waals surface area contributed by atoms with Gasteiger partial charge < -0.3 is 14.8 Å². The number of ether oxygens (including phenoxy) is 2. The van der Waals surface area contributed by atoms with Gasteiger partial charge in [-0.2, -0.15) is 4.37 Å². The summed E-state index contributed by atoms with van der Waals surface area (Å²) >= 11 is 1.30. The molecule has 2 rings (SSSR count). The van der Waals surface area contributed by atoms with Gasteiger partial charge in [-0.1, -0.05) is 19.3 Å². The quantitative estimate of drug-likeness (QED) is 0.618. The average Bonchev–Trinajstić information content (AvgIpc) is 2.86. The third-order valence-corrected chi connectivity index (χ3v) is 4.53. The van der Waals surface area contributed by atoms with Gasteiger partial charge in [-0.05, 0) is 38.2 Å². The number of aromatic nitrogens is 1. The fourth-order valence-corrected chi connectivity index (χ4v) is 3.36. The van der Waals surface area contributed by atoms with Crippen molar-refractivity contribution in [2.75, 3.05) is 25.1 Å². The second kappa shape index (κ2) is 8.34. The molecule has 6 heteroatoms. The van der Waals surface area contributed by atoms with E-state index >= 15 is 0 Å². The van der Waals surface area contributed by atoms with Gasteiger partial charge in [0.2, 0.25) is 0 Å². The Balaban J connectivity index is 1.78. The van der Waals surface area contributed by atoms with E-state index in [1.165, 1.54) is 43.6 Å². The molecule has 0 bridgehead atoms. The number of carbonyl (C=O) groups excluding carboxylic acids is 1. The lowest BCUT2D eigenvalue weighted by Gasteiger charge is -2.22. The van der Waals surface area contributed by atoms with Gasteiger partial charge in [0.15, 0.2) is 0 Å². The summed E-state index contributed by atoms with van der Waals surface area (Å²) in [5, 5.41) is 4.02. The van der Waals surface area contributed by atoms with Crippen LogP contribution in [0.25, 0.3) is 0 Å². The second-order valence-electron chi connectivity index (χ2n) is 5.25. The molecule has 0 unspecified atom stereocenters. The molecule has 0 atom stereocenters. The number of carbonyl (C=O) groups is 1. The molecule has 0 saturated heterocycles. The standard InChI is InChI=1S/C15H24N2O3S/c1-3-19-15(18)13-11(2)17-21-14(13)16-9-10-20-12-7-5-4-6-8-12/h12,16H,3-10H2,1-2H3. The summed E-state index contributed by atoms with van der Waals surface area (Å²) < 4.78 is 15.2. The summed E-state index contributed by atoms with van der Waals surface area (Å²) in [5.41, 5.74) is 1.27. The largest absolute Gasteiger partial charge is 0.462 e. The molecule has 1 fully saturated rings. The fraction of sp³-hybridized carbons (Fsp3) is 0.733. The molecule has 0 spiro atoms. The number of anilines is 1. The zero-order chi connectivity index (χ0) is 15.1. The zero-order valence-electron chi connectivity index (χ0n) is 12.8. The normalized spacial score (nSPS) is 15.9. The molecule has 1 heterocycles. The van der Waals surface area contributed by atoms with Crippen molar-refractivity contribution in [2.45, 2.75) is 52.1 Å². The van der Waals surface area contributed by atoms with E-state index in [2.05, 4.69) is 9.69 Å². The summed E-state index contributed by atoms with van der Waals surface area (Å²) in [6.07, 6.45) is 6.65. The number of hydrogen-bond donors (Lipinski definition) is 1. The topological polar surface area (TPSA) is 60.5 Å². The molecule has 1 saturated carbocycles. The highest BCUT2D eigenvalue weighted by Crippen LogP contribution is 2.25. The van der Waals surface area contributed by atoms with E-state index in [9.17, 15) is 4.79 Å². The molecule has 1 aromatic rings. The third-order valence-electron chi connectivity index (χ3n) is 3.64. The van der Waals surface area contributed by atoms with Gasteiger partial charge in [0.1, 0.15) is 10.6 Å². The molecule has 1 aromatic heterocycles. The lowest BCUT2D eigenvalue weighted by Crippen LogP contribution is -2.20. The van der Waals surface area contributed by atoms with Crippen LogP contribution < -0.4 is 5.32 Å². The number of nitrogens with one attached hydrogen (secondary N) is 1. The van der Waals surface area contributed by atoms with E-state index in [4.69, 9.17) is 9.47 Å². The molecular weight excluding hydrogens is 288 g/mol. The van der Waals surface area contributed by atoms with Crippen LogP contribution in [0.1, 0.15) is 55.1 Å². The van der Waals surface area contributed by atoms with Crippen molar-refractivity contribution in [1.29, 1.82) is 0 Å². The average molecular weight is 312 g/mol. The van der Waals surface area contributed by atoms with Gasteiger partial charge in [-0.25, -0.2) is 4.79 Å². The molecule has 0 aliphatic heterocycles. The van der Waals surface area contributed by atoms with Crippen LogP contribution in [-0.4, -0.2) is 36.2 Å². The number of rotatable bonds is 7. The Labute approximate surface area is 130 Å². The Hall–Kier alpha value is -1.14. The summed E-state index contributed by atoms with van der Waals surface area (Å²) in [4.78, 5) is 11.9. The minimum Gasteiger partial charge on any atom is -0.462 e. The molecule has 118 valence electrons. The van der Waals surface area contributed by atoms with Crippen molar-refractivity contribution in [2.24, 2.45) is 0 Å². The maximum Gasteiger partial charge on any atom is 0.343 e. The summed E-state index contributed by atoms with van der Waals surface area (Å²) in [6, 6.07) is 0. The minimum atomic E-state index is -0.306. The van der Waals surface area contributed by atoms with Crippen LogP contribution in [0.15, 0.2) is 0 Å². The van der Waals surface area contributed by atoms with E-state index in [1.54, 1.807) is 6.92 Å². The van der Waals surface area contributed by atoms with E-state index in [0.717, 1.165) is 5.00 Å².